The molecule has 2 bridgehead atoms. The van der Waals surface area contributed by atoms with E-state index in [1.54, 1.807) is 11.7 Å². The summed E-state index contributed by atoms with van der Waals surface area (Å²) in [6.07, 6.45) is 2.75. The fourth-order valence-electron chi connectivity index (χ4n) is 4.80. The van der Waals surface area contributed by atoms with Gasteiger partial charge in [0.2, 0.25) is 0 Å². The first-order chi connectivity index (χ1) is 12.5. The Labute approximate surface area is 152 Å². The molecule has 2 aliphatic heterocycles. The molecular weight excluding hydrogens is 330 g/mol. The van der Waals surface area contributed by atoms with Crippen LogP contribution in [0.5, 0.6) is 0 Å². The quantitative estimate of drug-likeness (QED) is 0.917. The van der Waals surface area contributed by atoms with Crippen LogP contribution in [-0.2, 0) is 11.8 Å². The highest BCUT2D eigenvalue weighted by Crippen LogP contribution is 2.52. The maximum atomic E-state index is 13.3. The minimum absolute atomic E-state index is 0.0126. The van der Waals surface area contributed by atoms with Gasteiger partial charge in [0.15, 0.2) is 0 Å². The van der Waals surface area contributed by atoms with Crippen LogP contribution in [0.2, 0.25) is 0 Å². The van der Waals surface area contributed by atoms with Gasteiger partial charge in [-0.25, -0.2) is 0 Å². The van der Waals surface area contributed by atoms with Crippen LogP contribution in [0.15, 0.2) is 36.4 Å². The molecule has 0 unspecified atom stereocenters. The lowest BCUT2D eigenvalue weighted by atomic mass is 9.72. The smallest absolute Gasteiger partial charge is 0.311 e. The first kappa shape index (κ1) is 16.8. The summed E-state index contributed by atoms with van der Waals surface area (Å²) >= 11 is 0. The highest BCUT2D eigenvalue weighted by Gasteiger charge is 2.60. The second-order valence-electron chi connectivity index (χ2n) is 7.38. The Kier molecular flexibility index (Phi) is 3.86. The van der Waals surface area contributed by atoms with E-state index in [9.17, 15) is 14.7 Å². The van der Waals surface area contributed by atoms with Gasteiger partial charge in [-0.2, -0.15) is 5.10 Å². The fraction of sp³-hybridized carbons (Fsp3) is 0.450. The number of aromatic nitrogens is 2. The molecule has 2 aliphatic rings. The summed E-state index contributed by atoms with van der Waals surface area (Å²) in [4.78, 5) is 27.0. The Bertz CT molecular complexity index is 860. The van der Waals surface area contributed by atoms with Crippen molar-refractivity contribution in [2.24, 2.45) is 12.5 Å². The number of fused-ring (bicyclic) bond motifs is 2. The molecule has 3 atom stereocenters. The average Bonchev–Trinajstić information content (AvgIpc) is 3.33. The van der Waals surface area contributed by atoms with Gasteiger partial charge in [-0.05, 0) is 31.7 Å². The van der Waals surface area contributed by atoms with E-state index in [1.807, 2.05) is 48.2 Å². The molecule has 0 saturated carbocycles. The van der Waals surface area contributed by atoms with Crippen LogP contribution >= 0.6 is 0 Å². The van der Waals surface area contributed by atoms with Crippen molar-refractivity contribution in [1.29, 1.82) is 0 Å². The van der Waals surface area contributed by atoms with Gasteiger partial charge in [-0.1, -0.05) is 37.3 Å². The third-order valence-corrected chi connectivity index (χ3v) is 6.20. The molecule has 3 heterocycles. The van der Waals surface area contributed by atoms with E-state index in [2.05, 4.69) is 5.10 Å². The summed E-state index contributed by atoms with van der Waals surface area (Å²) in [5.74, 6) is -0.883. The van der Waals surface area contributed by atoms with E-state index in [4.69, 9.17) is 0 Å². The van der Waals surface area contributed by atoms with Crippen LogP contribution in [0.25, 0.3) is 11.3 Å². The molecule has 136 valence electrons. The third-order valence-electron chi connectivity index (χ3n) is 6.20. The average molecular weight is 353 g/mol. The van der Waals surface area contributed by atoms with Crippen molar-refractivity contribution in [2.45, 2.75) is 44.7 Å². The summed E-state index contributed by atoms with van der Waals surface area (Å²) < 4.78 is 1.61. The standard InChI is InChI=1S/C20H23N3O3/c1-3-20(19(25)26)12-14-9-10-17(20)23(14)18(24)16-11-15(21-22(16)2)13-7-5-4-6-8-13/h4-8,11,14,17H,3,9-10,12H2,1-2H3,(H,25,26)/t14-,17+,20+/m0/s1. The number of aliphatic carboxylic acids is 1. The molecule has 1 amide bonds. The molecule has 6 heteroatoms. The molecule has 2 aromatic rings. The number of nitrogens with zero attached hydrogens (tertiary/aromatic N) is 3. The van der Waals surface area contributed by atoms with Gasteiger partial charge < -0.3 is 10.0 Å². The lowest BCUT2D eigenvalue weighted by Crippen LogP contribution is -2.45. The van der Waals surface area contributed by atoms with Gasteiger partial charge in [0.25, 0.3) is 5.91 Å². The SMILES string of the molecule is CC[C@@]1(C(=O)O)C[C@@H]2CC[C@H]1N2C(=O)c1cc(-c2ccccc2)nn1C. The zero-order chi connectivity index (χ0) is 18.5. The Morgan fingerprint density at radius 3 is 2.62 bits per heavy atom. The molecule has 0 aliphatic carbocycles. The highest BCUT2D eigenvalue weighted by atomic mass is 16.4. The molecule has 1 aromatic carbocycles. The Balaban J connectivity index is 1.67. The van der Waals surface area contributed by atoms with Crippen molar-refractivity contribution in [3.05, 3.63) is 42.1 Å². The summed E-state index contributed by atoms with van der Waals surface area (Å²) in [6.45, 7) is 1.91. The third kappa shape index (κ3) is 2.28. The number of carboxylic acid groups (broad SMARTS) is 1. The minimum Gasteiger partial charge on any atom is -0.481 e. The molecule has 2 fully saturated rings. The summed E-state index contributed by atoms with van der Waals surface area (Å²) in [5, 5.41) is 14.3. The van der Waals surface area contributed by atoms with E-state index in [0.717, 1.165) is 24.1 Å². The van der Waals surface area contributed by atoms with Crippen molar-refractivity contribution in [2.75, 3.05) is 0 Å². The first-order valence-corrected chi connectivity index (χ1v) is 9.13. The lowest BCUT2D eigenvalue weighted by molar-refractivity contribution is -0.151. The number of amides is 1. The Morgan fingerprint density at radius 1 is 1.27 bits per heavy atom. The Morgan fingerprint density at radius 2 is 2.00 bits per heavy atom. The molecule has 1 aromatic heterocycles. The highest BCUT2D eigenvalue weighted by molar-refractivity contribution is 5.95. The number of aryl methyl sites for hydroxylation is 1. The number of carboxylic acids is 1. The van der Waals surface area contributed by atoms with E-state index >= 15 is 0 Å². The fourth-order valence-corrected chi connectivity index (χ4v) is 4.80. The van der Waals surface area contributed by atoms with Gasteiger partial charge >= 0.3 is 5.97 Å². The molecular formula is C20H23N3O3. The predicted molar refractivity (Wildman–Crippen MR) is 96.6 cm³/mol. The van der Waals surface area contributed by atoms with E-state index < -0.39 is 11.4 Å². The second kappa shape index (κ2) is 5.97. The molecule has 6 nitrogen and oxygen atoms in total. The minimum atomic E-state index is -0.806. The predicted octanol–water partition coefficient (Wildman–Crippen LogP) is 2.95. The van der Waals surface area contributed by atoms with Crippen molar-refractivity contribution in [3.8, 4) is 11.3 Å². The summed E-state index contributed by atoms with van der Waals surface area (Å²) in [6, 6.07) is 11.3. The monoisotopic (exact) mass is 353 g/mol. The normalized spacial score (nSPS) is 27.1. The zero-order valence-electron chi connectivity index (χ0n) is 15.1. The van der Waals surface area contributed by atoms with Crippen LogP contribution in [0.3, 0.4) is 0 Å². The number of carbonyl (C=O) groups is 2. The van der Waals surface area contributed by atoms with Crippen molar-refractivity contribution >= 4 is 11.9 Å². The van der Waals surface area contributed by atoms with Gasteiger partial charge in [-0.3, -0.25) is 14.3 Å². The van der Waals surface area contributed by atoms with E-state index in [-0.39, 0.29) is 18.0 Å². The summed E-state index contributed by atoms with van der Waals surface area (Å²) in [5.41, 5.74) is 1.42. The maximum Gasteiger partial charge on any atom is 0.311 e. The number of rotatable bonds is 4. The van der Waals surface area contributed by atoms with E-state index in [1.165, 1.54) is 0 Å². The van der Waals surface area contributed by atoms with Crippen LogP contribution in [0.4, 0.5) is 0 Å². The number of carbonyl (C=O) groups excluding carboxylic acids is 1. The van der Waals surface area contributed by atoms with Gasteiger partial charge in [0.05, 0.1) is 11.1 Å². The maximum absolute atomic E-state index is 13.3. The first-order valence-electron chi connectivity index (χ1n) is 9.13. The number of hydrogen-bond acceptors (Lipinski definition) is 3. The largest absolute Gasteiger partial charge is 0.481 e. The molecule has 0 spiro atoms. The van der Waals surface area contributed by atoms with E-state index in [0.29, 0.717) is 18.5 Å². The van der Waals surface area contributed by atoms with Crippen molar-refractivity contribution in [1.82, 2.24) is 14.7 Å². The number of benzene rings is 1. The van der Waals surface area contributed by atoms with Crippen molar-refractivity contribution in [3.63, 3.8) is 0 Å². The Hall–Kier alpha value is -2.63. The molecule has 2 saturated heterocycles. The summed E-state index contributed by atoms with van der Waals surface area (Å²) in [7, 11) is 1.77. The second-order valence-corrected chi connectivity index (χ2v) is 7.38. The number of hydrogen-bond donors (Lipinski definition) is 1. The van der Waals surface area contributed by atoms with Gasteiger partial charge in [0.1, 0.15) is 5.69 Å². The van der Waals surface area contributed by atoms with Crippen LogP contribution in [-0.4, -0.2) is 43.7 Å². The molecule has 0 radical (unpaired) electrons. The van der Waals surface area contributed by atoms with Crippen LogP contribution in [0, 0.1) is 5.41 Å². The van der Waals surface area contributed by atoms with Crippen molar-refractivity contribution < 1.29 is 14.7 Å². The molecule has 26 heavy (non-hydrogen) atoms. The lowest BCUT2D eigenvalue weighted by Gasteiger charge is -2.32. The van der Waals surface area contributed by atoms with Crippen LogP contribution < -0.4 is 0 Å². The zero-order valence-corrected chi connectivity index (χ0v) is 15.1. The molecule has 4 rings (SSSR count). The van der Waals surface area contributed by atoms with Gasteiger partial charge in [-0.15, -0.1) is 0 Å². The van der Waals surface area contributed by atoms with Crippen LogP contribution in [0.1, 0.15) is 43.1 Å². The molecule has 1 N–H and O–H groups in total. The van der Waals surface area contributed by atoms with Gasteiger partial charge in [0, 0.05) is 24.7 Å². The topological polar surface area (TPSA) is 75.4 Å².